The summed E-state index contributed by atoms with van der Waals surface area (Å²) < 4.78 is 39.0. The molecule has 0 aromatic heterocycles. The molecule has 2 aromatic rings. The molecular formula is C21H24N2O5S. The highest BCUT2D eigenvalue weighted by atomic mass is 32.2. The maximum Gasteiger partial charge on any atom is 0.262 e. The smallest absolute Gasteiger partial charge is 0.262 e. The van der Waals surface area contributed by atoms with Gasteiger partial charge in [-0.15, -0.1) is 6.58 Å². The Morgan fingerprint density at radius 2 is 2.03 bits per heavy atom. The molecule has 154 valence electrons. The van der Waals surface area contributed by atoms with Crippen molar-refractivity contribution in [3.63, 3.8) is 0 Å². The summed E-state index contributed by atoms with van der Waals surface area (Å²) in [6.07, 6.45) is 1.62. The third-order valence-corrected chi connectivity index (χ3v) is 5.96. The first-order chi connectivity index (χ1) is 13.7. The lowest BCUT2D eigenvalue weighted by atomic mass is 9.93. The Labute approximate surface area is 171 Å². The largest absolute Gasteiger partial charge is 0.497 e. The van der Waals surface area contributed by atoms with Crippen LogP contribution < -0.4 is 19.1 Å². The van der Waals surface area contributed by atoms with E-state index in [4.69, 9.17) is 9.47 Å². The zero-order valence-electron chi connectivity index (χ0n) is 16.6. The number of amides is 1. The summed E-state index contributed by atoms with van der Waals surface area (Å²) in [7, 11) is -2.37. The van der Waals surface area contributed by atoms with Gasteiger partial charge in [-0.25, -0.2) is 8.42 Å². The maximum absolute atomic E-state index is 13.0. The lowest BCUT2D eigenvalue weighted by Crippen LogP contribution is -2.42. The van der Waals surface area contributed by atoms with E-state index in [1.807, 2.05) is 13.8 Å². The average Bonchev–Trinajstić information content (AvgIpc) is 2.78. The zero-order valence-corrected chi connectivity index (χ0v) is 17.5. The van der Waals surface area contributed by atoms with Crippen molar-refractivity contribution in [3.05, 3.63) is 55.1 Å². The van der Waals surface area contributed by atoms with Crippen LogP contribution in [-0.4, -0.2) is 34.6 Å². The zero-order chi connectivity index (χ0) is 21.2. The van der Waals surface area contributed by atoms with Gasteiger partial charge in [0.25, 0.3) is 10.0 Å². The average molecular weight is 416 g/mol. The van der Waals surface area contributed by atoms with Crippen molar-refractivity contribution in [1.82, 2.24) is 0 Å². The number of nitrogens with zero attached hydrogens (tertiary/aromatic N) is 1. The van der Waals surface area contributed by atoms with E-state index in [0.29, 0.717) is 22.9 Å². The number of hydrogen-bond acceptors (Lipinski definition) is 5. The van der Waals surface area contributed by atoms with E-state index in [1.54, 1.807) is 41.3 Å². The molecule has 8 heteroatoms. The third-order valence-electron chi connectivity index (χ3n) is 4.58. The first kappa shape index (κ1) is 20.7. The van der Waals surface area contributed by atoms with E-state index in [0.717, 1.165) is 0 Å². The SMILES string of the molecule is C=CCN1C(=O)C(C)(C)COc2ccc(NS(=O)(=O)c3cccc(OC)c3)cc21. The molecule has 2 aromatic carbocycles. The Hall–Kier alpha value is -3.00. The molecule has 0 atom stereocenters. The molecule has 0 saturated heterocycles. The Bertz CT molecular complexity index is 1050. The molecule has 0 unspecified atom stereocenters. The predicted molar refractivity (Wildman–Crippen MR) is 112 cm³/mol. The number of methoxy groups -OCH3 is 1. The van der Waals surface area contributed by atoms with Crippen molar-refractivity contribution in [2.24, 2.45) is 5.41 Å². The molecule has 7 nitrogen and oxygen atoms in total. The van der Waals surface area contributed by atoms with Crippen molar-refractivity contribution in [2.75, 3.05) is 29.9 Å². The number of carbonyl (C=O) groups excluding carboxylic acids is 1. The highest BCUT2D eigenvalue weighted by molar-refractivity contribution is 7.92. The molecule has 0 bridgehead atoms. The second-order valence-electron chi connectivity index (χ2n) is 7.34. The minimum absolute atomic E-state index is 0.0724. The number of sulfonamides is 1. The van der Waals surface area contributed by atoms with Crippen LogP contribution in [0.1, 0.15) is 13.8 Å². The number of fused-ring (bicyclic) bond motifs is 1. The number of carbonyl (C=O) groups is 1. The summed E-state index contributed by atoms with van der Waals surface area (Å²) in [5.41, 5.74) is 0.0884. The van der Waals surface area contributed by atoms with Crippen LogP contribution in [-0.2, 0) is 14.8 Å². The van der Waals surface area contributed by atoms with Crippen LogP contribution in [0.25, 0.3) is 0 Å². The summed E-state index contributed by atoms with van der Waals surface area (Å²) in [6, 6.07) is 11.0. The van der Waals surface area contributed by atoms with Crippen molar-refractivity contribution in [3.8, 4) is 11.5 Å². The van der Waals surface area contributed by atoms with Crippen LogP contribution in [0.15, 0.2) is 60.0 Å². The van der Waals surface area contributed by atoms with Gasteiger partial charge in [0, 0.05) is 12.6 Å². The maximum atomic E-state index is 13.0. The molecule has 0 aliphatic carbocycles. The summed E-state index contributed by atoms with van der Waals surface area (Å²) >= 11 is 0. The van der Waals surface area contributed by atoms with E-state index in [-0.39, 0.29) is 24.0 Å². The fraction of sp³-hybridized carbons (Fsp3) is 0.286. The van der Waals surface area contributed by atoms with Crippen molar-refractivity contribution >= 4 is 27.3 Å². The first-order valence-corrected chi connectivity index (χ1v) is 10.5. The Balaban J connectivity index is 1.98. The molecule has 0 radical (unpaired) electrons. The fourth-order valence-corrected chi connectivity index (χ4v) is 4.09. The molecule has 29 heavy (non-hydrogen) atoms. The van der Waals surface area contributed by atoms with Gasteiger partial charge in [-0.3, -0.25) is 9.52 Å². The van der Waals surface area contributed by atoms with Gasteiger partial charge in [0.1, 0.15) is 18.1 Å². The van der Waals surface area contributed by atoms with E-state index in [2.05, 4.69) is 11.3 Å². The van der Waals surface area contributed by atoms with Crippen LogP contribution in [0.3, 0.4) is 0 Å². The molecule has 3 rings (SSSR count). The van der Waals surface area contributed by atoms with E-state index in [9.17, 15) is 13.2 Å². The molecule has 0 saturated carbocycles. The van der Waals surface area contributed by atoms with Crippen molar-refractivity contribution in [1.29, 1.82) is 0 Å². The van der Waals surface area contributed by atoms with Gasteiger partial charge in [0.15, 0.2) is 0 Å². The second kappa shape index (κ2) is 7.79. The molecule has 1 N–H and O–H groups in total. The summed E-state index contributed by atoms with van der Waals surface area (Å²) in [5, 5.41) is 0. The second-order valence-corrected chi connectivity index (χ2v) is 9.03. The predicted octanol–water partition coefficient (Wildman–Crippen LogP) is 3.43. The van der Waals surface area contributed by atoms with Gasteiger partial charge in [0.05, 0.1) is 28.8 Å². The van der Waals surface area contributed by atoms with Gasteiger partial charge < -0.3 is 14.4 Å². The van der Waals surface area contributed by atoms with Crippen LogP contribution in [0.2, 0.25) is 0 Å². The minimum atomic E-state index is -3.84. The number of rotatable bonds is 6. The lowest BCUT2D eigenvalue weighted by molar-refractivity contribution is -0.127. The summed E-state index contributed by atoms with van der Waals surface area (Å²) in [6.45, 7) is 7.84. The quantitative estimate of drug-likeness (QED) is 0.730. The van der Waals surface area contributed by atoms with Crippen molar-refractivity contribution in [2.45, 2.75) is 18.7 Å². The normalized spacial score (nSPS) is 15.7. The molecule has 1 heterocycles. The van der Waals surface area contributed by atoms with Gasteiger partial charge in [-0.1, -0.05) is 12.1 Å². The molecule has 0 spiro atoms. The van der Waals surface area contributed by atoms with Gasteiger partial charge in [0.2, 0.25) is 5.91 Å². The molecule has 0 fully saturated rings. The standard InChI is InChI=1S/C21H24N2O5S/c1-5-11-23-18-12-15(9-10-19(18)28-14-21(2,3)20(23)24)22-29(25,26)17-8-6-7-16(13-17)27-4/h5-10,12-13,22H,1,11,14H2,2-4H3. The molecular weight excluding hydrogens is 392 g/mol. The Morgan fingerprint density at radius 3 is 2.72 bits per heavy atom. The van der Waals surface area contributed by atoms with E-state index >= 15 is 0 Å². The van der Waals surface area contributed by atoms with Gasteiger partial charge >= 0.3 is 0 Å². The van der Waals surface area contributed by atoms with Crippen LogP contribution in [0, 0.1) is 5.41 Å². The number of hydrogen-bond donors (Lipinski definition) is 1. The first-order valence-electron chi connectivity index (χ1n) is 9.04. The van der Waals surface area contributed by atoms with Gasteiger partial charge in [-0.2, -0.15) is 0 Å². The Morgan fingerprint density at radius 1 is 1.28 bits per heavy atom. The number of anilines is 2. The lowest BCUT2D eigenvalue weighted by Gasteiger charge is -2.27. The van der Waals surface area contributed by atoms with Crippen LogP contribution in [0.4, 0.5) is 11.4 Å². The Kier molecular flexibility index (Phi) is 5.57. The van der Waals surface area contributed by atoms with Crippen LogP contribution in [0.5, 0.6) is 11.5 Å². The monoisotopic (exact) mass is 416 g/mol. The number of ether oxygens (including phenoxy) is 2. The summed E-state index contributed by atoms with van der Waals surface area (Å²) in [5.74, 6) is 0.826. The summed E-state index contributed by atoms with van der Waals surface area (Å²) in [4.78, 5) is 14.6. The van der Waals surface area contributed by atoms with E-state index in [1.165, 1.54) is 19.2 Å². The topological polar surface area (TPSA) is 84.9 Å². The van der Waals surface area contributed by atoms with Gasteiger partial charge in [-0.05, 0) is 44.2 Å². The highest BCUT2D eigenvalue weighted by Gasteiger charge is 2.37. The third kappa shape index (κ3) is 4.22. The molecule has 1 amide bonds. The number of nitrogens with one attached hydrogen (secondary N) is 1. The minimum Gasteiger partial charge on any atom is -0.497 e. The molecule has 1 aliphatic rings. The molecule has 1 aliphatic heterocycles. The van der Waals surface area contributed by atoms with Crippen molar-refractivity contribution < 1.29 is 22.7 Å². The number of benzene rings is 2. The van der Waals surface area contributed by atoms with Crippen LogP contribution >= 0.6 is 0 Å². The fourth-order valence-electron chi connectivity index (χ4n) is 3.00. The van der Waals surface area contributed by atoms with E-state index < -0.39 is 15.4 Å². The highest BCUT2D eigenvalue weighted by Crippen LogP contribution is 2.38.